The first-order valence-corrected chi connectivity index (χ1v) is 9.66. The van der Waals surface area contributed by atoms with Gasteiger partial charge in [-0.05, 0) is 12.0 Å². The molecule has 1 aliphatic heterocycles. The van der Waals surface area contributed by atoms with E-state index < -0.39 is 0 Å². The van der Waals surface area contributed by atoms with E-state index in [0.29, 0.717) is 32.7 Å². The van der Waals surface area contributed by atoms with Crippen LogP contribution in [0.3, 0.4) is 0 Å². The first-order chi connectivity index (χ1) is 13.0. The molecule has 7 heteroatoms. The van der Waals surface area contributed by atoms with Crippen molar-refractivity contribution in [2.75, 3.05) is 73.0 Å². The highest BCUT2D eigenvalue weighted by molar-refractivity contribution is 5.79. The number of amides is 2. The molecule has 0 aliphatic carbocycles. The highest BCUT2D eigenvalue weighted by Crippen LogP contribution is 2.05. The maximum Gasteiger partial charge on any atom is 0.236 e. The van der Waals surface area contributed by atoms with Crippen molar-refractivity contribution in [3.05, 3.63) is 35.9 Å². The zero-order chi connectivity index (χ0) is 19.6. The first-order valence-electron chi connectivity index (χ1n) is 9.66. The van der Waals surface area contributed by atoms with Crippen LogP contribution in [0.1, 0.15) is 5.56 Å². The van der Waals surface area contributed by atoms with Crippen molar-refractivity contribution in [1.82, 2.24) is 19.6 Å². The Morgan fingerprint density at radius 1 is 1.04 bits per heavy atom. The minimum Gasteiger partial charge on any atom is -0.348 e. The van der Waals surface area contributed by atoms with E-state index >= 15 is 0 Å². The predicted molar refractivity (Wildman–Crippen MR) is 107 cm³/mol. The molecule has 1 aromatic carbocycles. The van der Waals surface area contributed by atoms with Crippen LogP contribution in [0.2, 0.25) is 0 Å². The normalized spacial score (nSPS) is 15.2. The van der Waals surface area contributed by atoms with Crippen LogP contribution in [-0.4, -0.2) is 104 Å². The minimum atomic E-state index is 0.102. The Morgan fingerprint density at radius 2 is 1.70 bits per heavy atom. The Kier molecular flexibility index (Phi) is 8.71. The molecule has 1 saturated heterocycles. The van der Waals surface area contributed by atoms with E-state index in [0.717, 1.165) is 32.6 Å². The van der Waals surface area contributed by atoms with Crippen molar-refractivity contribution in [2.24, 2.45) is 5.73 Å². The van der Waals surface area contributed by atoms with Crippen LogP contribution in [0, 0.1) is 0 Å². The number of hydrogen-bond acceptors (Lipinski definition) is 5. The van der Waals surface area contributed by atoms with Crippen molar-refractivity contribution in [1.29, 1.82) is 0 Å². The van der Waals surface area contributed by atoms with E-state index in [9.17, 15) is 9.59 Å². The summed E-state index contributed by atoms with van der Waals surface area (Å²) in [6, 6.07) is 10.3. The quantitative estimate of drug-likeness (QED) is 0.643. The number of hydrogen-bond donors (Lipinski definition) is 1. The molecule has 2 N–H and O–H groups in total. The molecular formula is C20H33N5O2. The highest BCUT2D eigenvalue weighted by Gasteiger charge is 2.24. The third kappa shape index (κ3) is 7.28. The van der Waals surface area contributed by atoms with Gasteiger partial charge < -0.3 is 15.5 Å². The van der Waals surface area contributed by atoms with Gasteiger partial charge in [-0.15, -0.1) is 0 Å². The number of nitrogens with two attached hydrogens (primary N) is 1. The van der Waals surface area contributed by atoms with Gasteiger partial charge in [-0.3, -0.25) is 19.4 Å². The van der Waals surface area contributed by atoms with Gasteiger partial charge in [0.15, 0.2) is 0 Å². The molecule has 0 bridgehead atoms. The summed E-state index contributed by atoms with van der Waals surface area (Å²) >= 11 is 0. The fraction of sp³-hybridized carbons (Fsp3) is 0.600. The number of piperazine rings is 1. The number of likely N-dealkylation sites (N-methyl/N-ethyl adjacent to an activating group) is 1. The van der Waals surface area contributed by atoms with Crippen molar-refractivity contribution >= 4 is 11.8 Å². The summed E-state index contributed by atoms with van der Waals surface area (Å²) in [6.07, 6.45) is 0.911. The maximum absolute atomic E-state index is 12.7. The molecule has 2 rings (SSSR count). The molecule has 1 aliphatic rings. The predicted octanol–water partition coefficient (Wildman–Crippen LogP) is -0.278. The topological polar surface area (TPSA) is 73.1 Å². The molecule has 27 heavy (non-hydrogen) atoms. The van der Waals surface area contributed by atoms with Crippen molar-refractivity contribution in [2.45, 2.75) is 6.42 Å². The van der Waals surface area contributed by atoms with Gasteiger partial charge in [0, 0.05) is 59.9 Å². The monoisotopic (exact) mass is 375 g/mol. The van der Waals surface area contributed by atoms with E-state index in [1.165, 1.54) is 5.56 Å². The van der Waals surface area contributed by atoms with Crippen LogP contribution < -0.4 is 5.73 Å². The summed E-state index contributed by atoms with van der Waals surface area (Å²) < 4.78 is 0. The van der Waals surface area contributed by atoms with Crippen LogP contribution in [-0.2, 0) is 16.0 Å². The van der Waals surface area contributed by atoms with Crippen LogP contribution in [0.25, 0.3) is 0 Å². The number of benzene rings is 1. The van der Waals surface area contributed by atoms with Crippen molar-refractivity contribution in [3.63, 3.8) is 0 Å². The van der Waals surface area contributed by atoms with Gasteiger partial charge in [-0.1, -0.05) is 30.3 Å². The van der Waals surface area contributed by atoms with Crippen LogP contribution >= 0.6 is 0 Å². The second kappa shape index (κ2) is 11.0. The summed E-state index contributed by atoms with van der Waals surface area (Å²) in [6.45, 7) is 5.75. The molecule has 0 aromatic heterocycles. The van der Waals surface area contributed by atoms with Gasteiger partial charge in [0.2, 0.25) is 11.8 Å². The largest absolute Gasteiger partial charge is 0.348 e. The molecule has 0 unspecified atom stereocenters. The third-order valence-electron chi connectivity index (χ3n) is 4.95. The van der Waals surface area contributed by atoms with Gasteiger partial charge in [0.05, 0.1) is 13.1 Å². The van der Waals surface area contributed by atoms with E-state index in [4.69, 9.17) is 5.73 Å². The Labute approximate surface area is 162 Å². The zero-order valence-electron chi connectivity index (χ0n) is 16.6. The summed E-state index contributed by atoms with van der Waals surface area (Å²) in [7, 11) is 3.53. The van der Waals surface area contributed by atoms with Gasteiger partial charge in [0.25, 0.3) is 0 Å². The minimum absolute atomic E-state index is 0.102. The summed E-state index contributed by atoms with van der Waals surface area (Å²) in [4.78, 5) is 32.3. The molecule has 150 valence electrons. The lowest BCUT2D eigenvalue weighted by Gasteiger charge is -2.35. The van der Waals surface area contributed by atoms with Crippen molar-refractivity contribution < 1.29 is 9.59 Å². The van der Waals surface area contributed by atoms with Crippen LogP contribution in [0.4, 0.5) is 0 Å². The number of rotatable bonds is 9. The van der Waals surface area contributed by atoms with Gasteiger partial charge in [0.1, 0.15) is 0 Å². The fourth-order valence-corrected chi connectivity index (χ4v) is 3.16. The summed E-state index contributed by atoms with van der Waals surface area (Å²) in [5, 5.41) is 0. The average Bonchev–Trinajstić information content (AvgIpc) is 2.67. The molecule has 1 heterocycles. The molecule has 7 nitrogen and oxygen atoms in total. The van der Waals surface area contributed by atoms with E-state index in [2.05, 4.69) is 21.9 Å². The molecule has 1 aromatic rings. The summed E-state index contributed by atoms with van der Waals surface area (Å²) in [5.41, 5.74) is 7.00. The smallest absolute Gasteiger partial charge is 0.236 e. The van der Waals surface area contributed by atoms with E-state index in [1.54, 1.807) is 19.0 Å². The zero-order valence-corrected chi connectivity index (χ0v) is 16.6. The lowest BCUT2D eigenvalue weighted by molar-refractivity contribution is -0.135. The van der Waals surface area contributed by atoms with Crippen LogP contribution in [0.15, 0.2) is 30.3 Å². The lowest BCUT2D eigenvalue weighted by Crippen LogP contribution is -2.53. The van der Waals surface area contributed by atoms with Crippen molar-refractivity contribution in [3.8, 4) is 0 Å². The third-order valence-corrected chi connectivity index (χ3v) is 4.95. The number of carbonyl (C=O) groups is 2. The van der Waals surface area contributed by atoms with Gasteiger partial charge in [-0.2, -0.15) is 0 Å². The molecule has 0 saturated carbocycles. The molecule has 0 radical (unpaired) electrons. The molecule has 0 atom stereocenters. The number of carbonyl (C=O) groups excluding carboxylic acids is 2. The van der Waals surface area contributed by atoms with Crippen LogP contribution in [0.5, 0.6) is 0 Å². The Bertz CT molecular complexity index is 585. The summed E-state index contributed by atoms with van der Waals surface area (Å²) in [5.74, 6) is 0.250. The Morgan fingerprint density at radius 3 is 2.30 bits per heavy atom. The Hall–Kier alpha value is -1.96. The fourth-order valence-electron chi connectivity index (χ4n) is 3.16. The molecule has 0 spiro atoms. The SMILES string of the molecule is CN(C)C(=O)CN1CCN(C(=O)CN(CCN)CCc2ccccc2)CC1. The van der Waals surface area contributed by atoms with E-state index in [1.807, 2.05) is 23.1 Å². The molecule has 2 amide bonds. The maximum atomic E-state index is 12.7. The highest BCUT2D eigenvalue weighted by atomic mass is 16.2. The van der Waals surface area contributed by atoms with E-state index in [-0.39, 0.29) is 11.8 Å². The molecule has 1 fully saturated rings. The standard InChI is InChI=1S/C20H33N5O2/c1-22(2)19(26)16-24-12-14-25(15-13-24)20(27)17-23(11-9-21)10-8-18-6-4-3-5-7-18/h3-7H,8-17,21H2,1-2H3. The second-order valence-corrected chi connectivity index (χ2v) is 7.25. The van der Waals surface area contributed by atoms with Gasteiger partial charge in [-0.25, -0.2) is 0 Å². The second-order valence-electron chi connectivity index (χ2n) is 7.25. The Balaban J connectivity index is 1.77. The lowest BCUT2D eigenvalue weighted by atomic mass is 10.1. The molecular weight excluding hydrogens is 342 g/mol. The number of nitrogens with zero attached hydrogens (tertiary/aromatic N) is 4. The average molecular weight is 376 g/mol. The first kappa shape index (κ1) is 21.3. The van der Waals surface area contributed by atoms with Gasteiger partial charge >= 0.3 is 0 Å².